The quantitative estimate of drug-likeness (QED) is 0.702. The lowest BCUT2D eigenvalue weighted by molar-refractivity contribution is 0.225. The van der Waals surface area contributed by atoms with Crippen LogP contribution in [0, 0.1) is 11.8 Å². The fourth-order valence-electron chi connectivity index (χ4n) is 1.98. The molecule has 0 aliphatic heterocycles. The minimum atomic E-state index is 0.233. The second-order valence-corrected chi connectivity index (χ2v) is 5.36. The van der Waals surface area contributed by atoms with Crippen LogP contribution < -0.4 is 5.32 Å². The van der Waals surface area contributed by atoms with E-state index in [-0.39, 0.29) is 5.54 Å². The van der Waals surface area contributed by atoms with Crippen LogP contribution in [-0.2, 0) is 0 Å². The maximum atomic E-state index is 8.99. The van der Waals surface area contributed by atoms with Gasteiger partial charge in [-0.05, 0) is 58.4 Å². The Bertz CT molecular complexity index is 151. The lowest BCUT2D eigenvalue weighted by Crippen LogP contribution is -2.38. The molecule has 2 N–H and O–H groups in total. The second-order valence-electron chi connectivity index (χ2n) is 5.36. The second kappa shape index (κ2) is 4.43. The molecule has 0 bridgehead atoms. The van der Waals surface area contributed by atoms with E-state index in [0.717, 1.165) is 12.5 Å². The van der Waals surface area contributed by atoms with Crippen molar-refractivity contribution in [2.24, 2.45) is 11.8 Å². The Morgan fingerprint density at radius 3 is 2.31 bits per heavy atom. The Labute approximate surface area is 81.7 Å². The summed E-state index contributed by atoms with van der Waals surface area (Å²) in [5.41, 5.74) is 0.233. The number of nitrogens with one attached hydrogen (secondary N) is 1. The first kappa shape index (κ1) is 11.0. The third-order valence-corrected chi connectivity index (χ3v) is 2.83. The average Bonchev–Trinajstić information content (AvgIpc) is 2.47. The van der Waals surface area contributed by atoms with E-state index in [1.54, 1.807) is 0 Å². The summed E-state index contributed by atoms with van der Waals surface area (Å²) in [6, 6.07) is 0. The van der Waals surface area contributed by atoms with Crippen molar-refractivity contribution in [3.05, 3.63) is 0 Å². The standard InChI is InChI=1S/C11H23NO/c1-11(2,3)12-7-9-4-5-10(6-9)8-13/h9-10,12-13H,4-8H2,1-3H3. The molecule has 1 fully saturated rings. The van der Waals surface area contributed by atoms with Gasteiger partial charge in [0.05, 0.1) is 0 Å². The van der Waals surface area contributed by atoms with Gasteiger partial charge in [-0.1, -0.05) is 0 Å². The third-order valence-electron chi connectivity index (χ3n) is 2.83. The van der Waals surface area contributed by atoms with Gasteiger partial charge in [0, 0.05) is 12.1 Å². The molecule has 0 aromatic rings. The van der Waals surface area contributed by atoms with Crippen LogP contribution in [0.1, 0.15) is 40.0 Å². The molecule has 1 aliphatic carbocycles. The maximum absolute atomic E-state index is 8.99. The van der Waals surface area contributed by atoms with Crippen LogP contribution >= 0.6 is 0 Å². The molecule has 78 valence electrons. The minimum Gasteiger partial charge on any atom is -0.396 e. The molecule has 0 saturated heterocycles. The number of hydrogen-bond acceptors (Lipinski definition) is 2. The Hall–Kier alpha value is -0.0800. The largest absolute Gasteiger partial charge is 0.396 e. The van der Waals surface area contributed by atoms with Crippen LogP contribution in [0.25, 0.3) is 0 Å². The van der Waals surface area contributed by atoms with Gasteiger partial charge in [0.1, 0.15) is 0 Å². The highest BCUT2D eigenvalue weighted by molar-refractivity contribution is 4.79. The lowest BCUT2D eigenvalue weighted by atomic mass is 10.0. The Morgan fingerprint density at radius 2 is 1.85 bits per heavy atom. The first-order chi connectivity index (χ1) is 6.01. The first-order valence-electron chi connectivity index (χ1n) is 5.37. The van der Waals surface area contributed by atoms with Gasteiger partial charge in [0.2, 0.25) is 0 Å². The summed E-state index contributed by atoms with van der Waals surface area (Å²) in [5, 5.41) is 12.5. The molecule has 0 aromatic carbocycles. The molecule has 1 saturated carbocycles. The van der Waals surface area contributed by atoms with Gasteiger partial charge in [-0.25, -0.2) is 0 Å². The summed E-state index contributed by atoms with van der Waals surface area (Å²) in [6.07, 6.45) is 3.71. The van der Waals surface area contributed by atoms with E-state index in [9.17, 15) is 0 Å². The molecule has 1 aliphatic rings. The van der Waals surface area contributed by atoms with Crippen LogP contribution in [-0.4, -0.2) is 23.8 Å². The van der Waals surface area contributed by atoms with Crippen molar-refractivity contribution in [2.45, 2.75) is 45.6 Å². The Balaban J connectivity index is 2.17. The number of rotatable bonds is 3. The van der Waals surface area contributed by atoms with E-state index in [4.69, 9.17) is 5.11 Å². The zero-order chi connectivity index (χ0) is 9.90. The Kier molecular flexibility index (Phi) is 3.74. The van der Waals surface area contributed by atoms with Gasteiger partial charge < -0.3 is 10.4 Å². The molecule has 2 heteroatoms. The highest BCUT2D eigenvalue weighted by atomic mass is 16.3. The molecule has 0 spiro atoms. The predicted octanol–water partition coefficient (Wildman–Crippen LogP) is 1.78. The van der Waals surface area contributed by atoms with Crippen LogP contribution in [0.2, 0.25) is 0 Å². The molecular weight excluding hydrogens is 162 g/mol. The Morgan fingerprint density at radius 1 is 1.23 bits per heavy atom. The molecule has 2 nitrogen and oxygen atoms in total. The van der Waals surface area contributed by atoms with Gasteiger partial charge >= 0.3 is 0 Å². The van der Waals surface area contributed by atoms with Gasteiger partial charge in [0.15, 0.2) is 0 Å². The average molecular weight is 185 g/mol. The molecule has 0 amide bonds. The van der Waals surface area contributed by atoms with Crippen molar-refractivity contribution >= 4 is 0 Å². The molecule has 0 aromatic heterocycles. The van der Waals surface area contributed by atoms with E-state index < -0.39 is 0 Å². The van der Waals surface area contributed by atoms with Crippen LogP contribution in [0.15, 0.2) is 0 Å². The summed E-state index contributed by atoms with van der Waals surface area (Å²) in [6.45, 7) is 8.09. The minimum absolute atomic E-state index is 0.233. The molecule has 2 unspecified atom stereocenters. The van der Waals surface area contributed by atoms with Crippen molar-refractivity contribution in [1.29, 1.82) is 0 Å². The van der Waals surface area contributed by atoms with E-state index in [1.807, 2.05) is 0 Å². The number of aliphatic hydroxyl groups is 1. The number of aliphatic hydroxyl groups excluding tert-OH is 1. The highest BCUT2D eigenvalue weighted by Crippen LogP contribution is 2.30. The zero-order valence-electron chi connectivity index (χ0n) is 9.14. The molecule has 0 radical (unpaired) electrons. The summed E-state index contributed by atoms with van der Waals surface area (Å²) < 4.78 is 0. The normalized spacial score (nSPS) is 29.5. The predicted molar refractivity (Wildman–Crippen MR) is 55.7 cm³/mol. The van der Waals surface area contributed by atoms with Crippen molar-refractivity contribution in [3.8, 4) is 0 Å². The number of hydrogen-bond donors (Lipinski definition) is 2. The van der Waals surface area contributed by atoms with Gasteiger partial charge in [-0.2, -0.15) is 0 Å². The van der Waals surface area contributed by atoms with Crippen molar-refractivity contribution in [1.82, 2.24) is 5.32 Å². The van der Waals surface area contributed by atoms with Gasteiger partial charge in [-0.15, -0.1) is 0 Å². The summed E-state index contributed by atoms with van der Waals surface area (Å²) in [7, 11) is 0. The van der Waals surface area contributed by atoms with E-state index >= 15 is 0 Å². The fourth-order valence-corrected chi connectivity index (χ4v) is 1.98. The SMILES string of the molecule is CC(C)(C)NCC1CCC(CO)C1. The van der Waals surface area contributed by atoms with Crippen LogP contribution in [0.5, 0.6) is 0 Å². The van der Waals surface area contributed by atoms with Gasteiger partial charge in [0.25, 0.3) is 0 Å². The van der Waals surface area contributed by atoms with E-state index in [2.05, 4.69) is 26.1 Å². The van der Waals surface area contributed by atoms with Crippen LogP contribution in [0.4, 0.5) is 0 Å². The molecular formula is C11H23NO. The van der Waals surface area contributed by atoms with Crippen molar-refractivity contribution < 1.29 is 5.11 Å². The van der Waals surface area contributed by atoms with E-state index in [0.29, 0.717) is 12.5 Å². The summed E-state index contributed by atoms with van der Waals surface area (Å²) in [4.78, 5) is 0. The van der Waals surface area contributed by atoms with Crippen LogP contribution in [0.3, 0.4) is 0 Å². The molecule has 1 rings (SSSR count). The summed E-state index contributed by atoms with van der Waals surface area (Å²) >= 11 is 0. The highest BCUT2D eigenvalue weighted by Gasteiger charge is 2.24. The van der Waals surface area contributed by atoms with Crippen molar-refractivity contribution in [2.75, 3.05) is 13.2 Å². The fraction of sp³-hybridized carbons (Fsp3) is 1.00. The van der Waals surface area contributed by atoms with Gasteiger partial charge in [-0.3, -0.25) is 0 Å². The molecule has 13 heavy (non-hydrogen) atoms. The third kappa shape index (κ3) is 4.10. The van der Waals surface area contributed by atoms with E-state index in [1.165, 1.54) is 19.3 Å². The monoisotopic (exact) mass is 185 g/mol. The zero-order valence-corrected chi connectivity index (χ0v) is 9.14. The molecule has 2 atom stereocenters. The van der Waals surface area contributed by atoms with Crippen molar-refractivity contribution in [3.63, 3.8) is 0 Å². The maximum Gasteiger partial charge on any atom is 0.0459 e. The summed E-state index contributed by atoms with van der Waals surface area (Å²) in [5.74, 6) is 1.36. The molecule has 0 heterocycles. The first-order valence-corrected chi connectivity index (χ1v) is 5.37. The smallest absolute Gasteiger partial charge is 0.0459 e. The topological polar surface area (TPSA) is 32.3 Å². The lowest BCUT2D eigenvalue weighted by Gasteiger charge is -2.23.